The van der Waals surface area contributed by atoms with Gasteiger partial charge in [0.2, 0.25) is 5.82 Å². The van der Waals surface area contributed by atoms with Gasteiger partial charge in [0, 0.05) is 34.9 Å². The highest BCUT2D eigenvalue weighted by atomic mass is 35.5. The average Bonchev–Trinajstić information content (AvgIpc) is 3.35. The van der Waals surface area contributed by atoms with Gasteiger partial charge in [-0.25, -0.2) is 4.98 Å². The lowest BCUT2D eigenvalue weighted by molar-refractivity contribution is -0.135. The molecule has 2 aromatic heterocycles. The first kappa shape index (κ1) is 25.2. The molecule has 2 N–H and O–H groups in total. The number of carbonyl (C=O) groups is 1. The molecular formula is C24H29Cl2N7O2. The van der Waals surface area contributed by atoms with E-state index in [0.717, 1.165) is 30.6 Å². The second-order valence-corrected chi connectivity index (χ2v) is 10.1. The zero-order chi connectivity index (χ0) is 25.2. The van der Waals surface area contributed by atoms with Gasteiger partial charge in [0.1, 0.15) is 11.6 Å². The Morgan fingerprint density at radius 1 is 1.26 bits per heavy atom. The summed E-state index contributed by atoms with van der Waals surface area (Å²) in [5.41, 5.74) is -0.306. The Bertz CT molecular complexity index is 1160. The summed E-state index contributed by atoms with van der Waals surface area (Å²) in [7, 11) is 0. The van der Waals surface area contributed by atoms with Crippen LogP contribution in [0.2, 0.25) is 10.0 Å². The number of aromatic amines is 1. The summed E-state index contributed by atoms with van der Waals surface area (Å²) in [5.74, 6) is 1.63. The van der Waals surface area contributed by atoms with Crippen LogP contribution < -0.4 is 15.0 Å². The number of nitrogens with one attached hydrogen (secondary N) is 2. The molecule has 3 atom stereocenters. The Hall–Kier alpha value is -2.91. The Morgan fingerprint density at radius 2 is 2.06 bits per heavy atom. The second-order valence-electron chi connectivity index (χ2n) is 9.29. The number of carbonyl (C=O) groups excluding carboxylic acids is 1. The predicted octanol–water partition coefficient (Wildman–Crippen LogP) is 4.68. The number of piperidine rings is 1. The van der Waals surface area contributed by atoms with E-state index >= 15 is 0 Å². The summed E-state index contributed by atoms with van der Waals surface area (Å²) >= 11 is 12.2. The Balaban J connectivity index is 1.42. The van der Waals surface area contributed by atoms with Gasteiger partial charge in [-0.05, 0) is 75.6 Å². The summed E-state index contributed by atoms with van der Waals surface area (Å²) in [6.45, 7) is 7.78. The van der Waals surface area contributed by atoms with Crippen LogP contribution in [0.25, 0.3) is 11.4 Å². The van der Waals surface area contributed by atoms with Crippen molar-refractivity contribution in [3.05, 3.63) is 46.6 Å². The van der Waals surface area contributed by atoms with Gasteiger partial charge < -0.3 is 15.0 Å². The minimum atomic E-state index is -1.11. The third kappa shape index (κ3) is 5.67. The maximum Gasteiger partial charge on any atom is 0.263 e. The van der Waals surface area contributed by atoms with Gasteiger partial charge in [-0.3, -0.25) is 4.79 Å². The molecule has 11 heteroatoms. The molecular weight excluding hydrogens is 489 g/mol. The van der Waals surface area contributed by atoms with Crippen molar-refractivity contribution in [1.29, 1.82) is 0 Å². The predicted molar refractivity (Wildman–Crippen MR) is 136 cm³/mol. The van der Waals surface area contributed by atoms with E-state index in [1.54, 1.807) is 38.2 Å². The van der Waals surface area contributed by atoms with Crippen molar-refractivity contribution in [3.63, 3.8) is 0 Å². The van der Waals surface area contributed by atoms with Crippen LogP contribution in [-0.4, -0.2) is 55.2 Å². The van der Waals surface area contributed by atoms with E-state index in [9.17, 15) is 4.79 Å². The molecule has 0 spiro atoms. The van der Waals surface area contributed by atoms with Gasteiger partial charge in [0.25, 0.3) is 5.91 Å². The van der Waals surface area contributed by atoms with Gasteiger partial charge in [-0.15, -0.1) is 10.2 Å². The van der Waals surface area contributed by atoms with Crippen LogP contribution in [0.3, 0.4) is 0 Å². The lowest BCUT2D eigenvalue weighted by Crippen LogP contribution is -2.57. The van der Waals surface area contributed by atoms with E-state index in [-0.39, 0.29) is 24.0 Å². The highest BCUT2D eigenvalue weighted by Crippen LogP contribution is 2.33. The fraction of sp³-hybridized carbons (Fsp3) is 0.458. The van der Waals surface area contributed by atoms with E-state index in [2.05, 4.69) is 49.7 Å². The van der Waals surface area contributed by atoms with Crippen LogP contribution in [-0.2, 0) is 4.79 Å². The van der Waals surface area contributed by atoms with Gasteiger partial charge in [-0.2, -0.15) is 5.21 Å². The molecule has 0 aliphatic carbocycles. The Labute approximate surface area is 214 Å². The minimum Gasteiger partial charge on any atom is -0.476 e. The molecule has 3 heterocycles. The highest BCUT2D eigenvalue weighted by molar-refractivity contribution is 6.35. The molecule has 1 aliphatic heterocycles. The van der Waals surface area contributed by atoms with Crippen LogP contribution in [0.5, 0.6) is 5.75 Å². The first-order chi connectivity index (χ1) is 16.7. The van der Waals surface area contributed by atoms with E-state index in [4.69, 9.17) is 27.9 Å². The average molecular weight is 518 g/mol. The van der Waals surface area contributed by atoms with E-state index in [1.807, 2.05) is 12.1 Å². The molecule has 3 unspecified atom stereocenters. The zero-order valence-corrected chi connectivity index (χ0v) is 21.6. The zero-order valence-electron chi connectivity index (χ0n) is 20.1. The monoisotopic (exact) mass is 517 g/mol. The number of anilines is 1. The van der Waals surface area contributed by atoms with E-state index in [0.29, 0.717) is 21.6 Å². The standard InChI is InChI=1S/C24H29Cl2N7O2/c1-5-18-12-17(28-23(34)24(3,4)35-20-8-7-16(25)11-19(20)26)10-14(2)33(18)21-9-6-15(13-27-21)22-29-31-32-30-22/h6-9,11,13-14,17-18H,5,10,12H2,1-4H3,(H,28,34)(H,29,30,31,32). The normalized spacial score (nSPS) is 20.5. The number of rotatable bonds is 7. The van der Waals surface area contributed by atoms with Crippen LogP contribution in [0.15, 0.2) is 36.5 Å². The first-order valence-corrected chi connectivity index (χ1v) is 12.4. The van der Waals surface area contributed by atoms with Gasteiger partial charge in [0.15, 0.2) is 5.60 Å². The molecule has 0 saturated carbocycles. The maximum atomic E-state index is 13.2. The summed E-state index contributed by atoms with van der Waals surface area (Å²) in [6.07, 6.45) is 4.27. The lowest BCUT2D eigenvalue weighted by atomic mass is 9.89. The van der Waals surface area contributed by atoms with Crippen LogP contribution in [0, 0.1) is 0 Å². The minimum absolute atomic E-state index is 0.0147. The van der Waals surface area contributed by atoms with E-state index in [1.165, 1.54) is 0 Å². The van der Waals surface area contributed by atoms with Crippen molar-refractivity contribution in [2.45, 2.75) is 70.7 Å². The third-order valence-electron chi connectivity index (χ3n) is 6.28. The number of hydrogen-bond donors (Lipinski definition) is 2. The van der Waals surface area contributed by atoms with Crippen LogP contribution in [0.4, 0.5) is 5.82 Å². The number of H-pyrrole nitrogens is 1. The van der Waals surface area contributed by atoms with Crippen molar-refractivity contribution >= 4 is 34.9 Å². The number of nitrogens with zero attached hydrogens (tertiary/aromatic N) is 5. The molecule has 1 fully saturated rings. The fourth-order valence-electron chi connectivity index (χ4n) is 4.51. The fourth-order valence-corrected chi connectivity index (χ4v) is 4.96. The van der Waals surface area contributed by atoms with Crippen molar-refractivity contribution in [1.82, 2.24) is 30.9 Å². The summed E-state index contributed by atoms with van der Waals surface area (Å²) in [4.78, 5) is 20.2. The van der Waals surface area contributed by atoms with Crippen molar-refractivity contribution in [2.24, 2.45) is 0 Å². The Morgan fingerprint density at radius 3 is 2.69 bits per heavy atom. The number of tetrazole rings is 1. The number of ether oxygens (including phenoxy) is 1. The molecule has 1 aliphatic rings. The number of hydrogen-bond acceptors (Lipinski definition) is 7. The lowest BCUT2D eigenvalue weighted by Gasteiger charge is -2.45. The second kappa shape index (κ2) is 10.4. The van der Waals surface area contributed by atoms with E-state index < -0.39 is 5.60 Å². The molecule has 186 valence electrons. The quantitative estimate of drug-likeness (QED) is 0.468. The number of benzene rings is 1. The molecule has 35 heavy (non-hydrogen) atoms. The van der Waals surface area contributed by atoms with Gasteiger partial charge in [-0.1, -0.05) is 30.1 Å². The number of amides is 1. The molecule has 0 bridgehead atoms. The van der Waals surface area contributed by atoms with Crippen LogP contribution >= 0.6 is 23.2 Å². The summed E-state index contributed by atoms with van der Waals surface area (Å²) < 4.78 is 5.96. The van der Waals surface area contributed by atoms with Crippen molar-refractivity contribution < 1.29 is 9.53 Å². The highest BCUT2D eigenvalue weighted by Gasteiger charge is 2.37. The van der Waals surface area contributed by atoms with Gasteiger partial charge in [0.05, 0.1) is 5.02 Å². The number of pyridine rings is 1. The largest absolute Gasteiger partial charge is 0.476 e. The third-order valence-corrected chi connectivity index (χ3v) is 6.81. The summed E-state index contributed by atoms with van der Waals surface area (Å²) in [5, 5.41) is 18.1. The smallest absolute Gasteiger partial charge is 0.263 e. The van der Waals surface area contributed by atoms with Crippen molar-refractivity contribution in [3.8, 4) is 17.1 Å². The van der Waals surface area contributed by atoms with Gasteiger partial charge >= 0.3 is 0 Å². The molecule has 0 radical (unpaired) electrons. The molecule has 3 aromatic rings. The maximum absolute atomic E-state index is 13.2. The Kier molecular flexibility index (Phi) is 7.47. The SMILES string of the molecule is CCC1CC(NC(=O)C(C)(C)Oc2ccc(Cl)cc2Cl)CC(C)N1c1ccc(-c2nn[nH]n2)cn1. The molecule has 4 rings (SSSR count). The molecule has 1 aromatic carbocycles. The number of halogens is 2. The molecule has 9 nitrogen and oxygen atoms in total. The van der Waals surface area contributed by atoms with Crippen LogP contribution in [0.1, 0.15) is 47.0 Å². The first-order valence-electron chi connectivity index (χ1n) is 11.6. The number of aromatic nitrogens is 5. The topological polar surface area (TPSA) is 109 Å². The molecule has 1 saturated heterocycles. The summed E-state index contributed by atoms with van der Waals surface area (Å²) in [6, 6.07) is 9.30. The molecule has 1 amide bonds. The van der Waals surface area contributed by atoms with Crippen molar-refractivity contribution in [2.75, 3.05) is 4.90 Å².